The molecular weight excluding hydrogens is 234 g/mol. The Morgan fingerprint density at radius 2 is 1.78 bits per heavy atom. The number of aromatic nitrogens is 1. The van der Waals surface area contributed by atoms with E-state index in [1.54, 1.807) is 27.7 Å². The standard InChI is InChI=1S/C13H15NO4/c1-7-5-9-8(6-10(7)15)11(16)14(13(2,3)4)18-12(9)17/h5-6,15H,1-4H3. The summed E-state index contributed by atoms with van der Waals surface area (Å²) >= 11 is 0. The van der Waals surface area contributed by atoms with Crippen molar-refractivity contribution in [1.29, 1.82) is 0 Å². The predicted octanol–water partition coefficient (Wildman–Crippen LogP) is 1.72. The summed E-state index contributed by atoms with van der Waals surface area (Å²) in [6.07, 6.45) is 0. The Kier molecular flexibility index (Phi) is 2.57. The van der Waals surface area contributed by atoms with E-state index < -0.39 is 16.7 Å². The van der Waals surface area contributed by atoms with E-state index in [4.69, 9.17) is 4.52 Å². The summed E-state index contributed by atoms with van der Waals surface area (Å²) in [5, 5.41) is 10.0. The van der Waals surface area contributed by atoms with Crippen molar-refractivity contribution in [1.82, 2.24) is 4.74 Å². The van der Waals surface area contributed by atoms with Crippen LogP contribution in [0, 0.1) is 6.92 Å². The van der Waals surface area contributed by atoms with Crippen LogP contribution in [-0.4, -0.2) is 9.85 Å². The molecule has 96 valence electrons. The summed E-state index contributed by atoms with van der Waals surface area (Å²) < 4.78 is 6.08. The van der Waals surface area contributed by atoms with Crippen LogP contribution in [0.15, 0.2) is 26.2 Å². The summed E-state index contributed by atoms with van der Waals surface area (Å²) in [6, 6.07) is 2.77. The third-order valence-electron chi connectivity index (χ3n) is 2.75. The number of aromatic hydroxyl groups is 1. The van der Waals surface area contributed by atoms with Gasteiger partial charge in [0.15, 0.2) is 0 Å². The first-order valence-corrected chi connectivity index (χ1v) is 5.62. The molecule has 0 radical (unpaired) electrons. The van der Waals surface area contributed by atoms with Crippen molar-refractivity contribution < 1.29 is 9.63 Å². The molecule has 0 saturated heterocycles. The highest BCUT2D eigenvalue weighted by Crippen LogP contribution is 2.21. The van der Waals surface area contributed by atoms with Crippen LogP contribution in [0.4, 0.5) is 0 Å². The van der Waals surface area contributed by atoms with Crippen molar-refractivity contribution in [2.24, 2.45) is 0 Å². The van der Waals surface area contributed by atoms with Crippen LogP contribution >= 0.6 is 0 Å². The van der Waals surface area contributed by atoms with Gasteiger partial charge in [0.1, 0.15) is 5.75 Å². The van der Waals surface area contributed by atoms with Gasteiger partial charge in [0.05, 0.1) is 16.3 Å². The van der Waals surface area contributed by atoms with Crippen molar-refractivity contribution in [2.75, 3.05) is 0 Å². The van der Waals surface area contributed by atoms with Crippen LogP contribution in [0.2, 0.25) is 0 Å². The van der Waals surface area contributed by atoms with Gasteiger partial charge in [0, 0.05) is 0 Å². The Labute approximate surface area is 103 Å². The van der Waals surface area contributed by atoms with E-state index in [2.05, 4.69) is 0 Å². The smallest absolute Gasteiger partial charge is 0.364 e. The van der Waals surface area contributed by atoms with E-state index in [0.29, 0.717) is 5.56 Å². The Morgan fingerprint density at radius 3 is 2.33 bits per heavy atom. The molecule has 18 heavy (non-hydrogen) atoms. The molecule has 2 aromatic rings. The van der Waals surface area contributed by atoms with E-state index >= 15 is 0 Å². The average Bonchev–Trinajstić information content (AvgIpc) is 2.24. The fraction of sp³-hybridized carbons (Fsp3) is 0.385. The molecule has 1 aromatic carbocycles. The van der Waals surface area contributed by atoms with Gasteiger partial charge in [-0.1, -0.05) is 0 Å². The molecule has 5 heteroatoms. The number of benzene rings is 1. The molecule has 0 aliphatic heterocycles. The van der Waals surface area contributed by atoms with Crippen molar-refractivity contribution in [2.45, 2.75) is 33.2 Å². The molecule has 0 spiro atoms. The molecule has 1 heterocycles. The quantitative estimate of drug-likeness (QED) is 0.771. The lowest BCUT2D eigenvalue weighted by Gasteiger charge is -2.19. The Bertz CT molecular complexity index is 731. The van der Waals surface area contributed by atoms with Crippen LogP contribution < -0.4 is 11.2 Å². The second kappa shape index (κ2) is 3.73. The summed E-state index contributed by atoms with van der Waals surface area (Å²) in [6.45, 7) is 6.94. The number of phenols is 1. The maximum atomic E-state index is 12.2. The third kappa shape index (κ3) is 1.81. The topological polar surface area (TPSA) is 72.4 Å². The molecule has 0 atom stereocenters. The monoisotopic (exact) mass is 249 g/mol. The summed E-state index contributed by atoms with van der Waals surface area (Å²) in [7, 11) is 0. The highest BCUT2D eigenvalue weighted by Gasteiger charge is 2.20. The van der Waals surface area contributed by atoms with Crippen LogP contribution in [-0.2, 0) is 5.54 Å². The van der Waals surface area contributed by atoms with Crippen molar-refractivity contribution in [3.8, 4) is 5.75 Å². The molecule has 2 rings (SSSR count). The van der Waals surface area contributed by atoms with Gasteiger partial charge in [0.25, 0.3) is 5.56 Å². The van der Waals surface area contributed by atoms with E-state index in [1.807, 2.05) is 0 Å². The van der Waals surface area contributed by atoms with E-state index in [9.17, 15) is 14.7 Å². The van der Waals surface area contributed by atoms with Gasteiger partial charge in [-0.2, -0.15) is 4.74 Å². The largest absolute Gasteiger partial charge is 0.508 e. The van der Waals surface area contributed by atoms with Crippen LogP contribution in [0.5, 0.6) is 5.75 Å². The maximum Gasteiger partial charge on any atom is 0.364 e. The number of nitrogens with zero attached hydrogens (tertiary/aromatic N) is 1. The highest BCUT2D eigenvalue weighted by molar-refractivity contribution is 5.82. The average molecular weight is 249 g/mol. The second-order valence-corrected chi connectivity index (χ2v) is 5.33. The van der Waals surface area contributed by atoms with Crippen LogP contribution in [0.3, 0.4) is 0 Å². The Morgan fingerprint density at radius 1 is 1.17 bits per heavy atom. The molecule has 0 amide bonds. The zero-order valence-corrected chi connectivity index (χ0v) is 10.8. The molecule has 1 aromatic heterocycles. The van der Waals surface area contributed by atoms with E-state index in [1.165, 1.54) is 12.1 Å². The lowest BCUT2D eigenvalue weighted by Crippen LogP contribution is -2.36. The van der Waals surface area contributed by atoms with Crippen LogP contribution in [0.25, 0.3) is 10.8 Å². The van der Waals surface area contributed by atoms with Gasteiger partial charge in [-0.25, -0.2) is 4.79 Å². The van der Waals surface area contributed by atoms with Gasteiger partial charge in [0.2, 0.25) is 0 Å². The Balaban J connectivity index is 3.01. The lowest BCUT2D eigenvalue weighted by atomic mass is 10.1. The molecule has 0 aliphatic carbocycles. The minimum absolute atomic E-state index is 0.00865. The first-order chi connectivity index (χ1) is 8.21. The Hall–Kier alpha value is -2.04. The molecule has 0 unspecified atom stereocenters. The number of hydrogen-bond acceptors (Lipinski definition) is 4. The molecule has 5 nitrogen and oxygen atoms in total. The van der Waals surface area contributed by atoms with Crippen molar-refractivity contribution in [3.05, 3.63) is 38.5 Å². The van der Waals surface area contributed by atoms with Gasteiger partial charge < -0.3 is 9.63 Å². The fourth-order valence-electron chi connectivity index (χ4n) is 1.77. The number of hydrogen-bond donors (Lipinski definition) is 1. The summed E-state index contributed by atoms with van der Waals surface area (Å²) in [4.78, 5) is 24.1. The van der Waals surface area contributed by atoms with Gasteiger partial charge in [-0.15, -0.1) is 0 Å². The normalized spacial score (nSPS) is 12.0. The fourth-order valence-corrected chi connectivity index (χ4v) is 1.77. The minimum atomic E-state index is -0.634. The number of phenolic OH excluding ortho intramolecular Hbond substituents is 1. The van der Waals surface area contributed by atoms with Crippen LogP contribution in [0.1, 0.15) is 26.3 Å². The maximum absolute atomic E-state index is 12.2. The highest BCUT2D eigenvalue weighted by atomic mass is 16.5. The molecule has 1 N–H and O–H groups in total. The second-order valence-electron chi connectivity index (χ2n) is 5.33. The molecule has 0 bridgehead atoms. The number of fused-ring (bicyclic) bond motifs is 1. The van der Waals surface area contributed by atoms with E-state index in [-0.39, 0.29) is 16.5 Å². The van der Waals surface area contributed by atoms with Crippen molar-refractivity contribution in [3.63, 3.8) is 0 Å². The SMILES string of the molecule is Cc1cc2c(=O)on(C(C)(C)C)c(=O)c2cc1O. The van der Waals surface area contributed by atoms with Gasteiger partial charge in [-0.05, 0) is 45.4 Å². The minimum Gasteiger partial charge on any atom is -0.508 e. The predicted molar refractivity (Wildman–Crippen MR) is 68.1 cm³/mol. The molecular formula is C13H15NO4. The zero-order valence-electron chi connectivity index (χ0n) is 10.8. The first kappa shape index (κ1) is 12.4. The van der Waals surface area contributed by atoms with Gasteiger partial charge in [-0.3, -0.25) is 4.79 Å². The number of rotatable bonds is 0. The lowest BCUT2D eigenvalue weighted by molar-refractivity contribution is 0.135. The number of aryl methyl sites for hydroxylation is 1. The van der Waals surface area contributed by atoms with Gasteiger partial charge >= 0.3 is 5.63 Å². The van der Waals surface area contributed by atoms with Crippen molar-refractivity contribution >= 4 is 10.8 Å². The third-order valence-corrected chi connectivity index (χ3v) is 2.75. The zero-order chi connectivity index (χ0) is 13.7. The van der Waals surface area contributed by atoms with E-state index in [0.717, 1.165) is 4.74 Å². The summed E-state index contributed by atoms with van der Waals surface area (Å²) in [5.74, 6) is -0.00865. The molecule has 0 saturated carbocycles. The molecule has 0 aliphatic rings. The molecule has 0 fully saturated rings. The summed E-state index contributed by atoms with van der Waals surface area (Å²) in [5.41, 5.74) is -1.11. The first-order valence-electron chi connectivity index (χ1n) is 5.62.